The molecule has 0 amide bonds. The van der Waals surface area contributed by atoms with Crippen molar-refractivity contribution in [3.05, 3.63) is 0 Å². The van der Waals surface area contributed by atoms with Crippen LogP contribution < -0.4 is 5.43 Å². The monoisotopic (exact) mass is 179 g/mol. The summed E-state index contributed by atoms with van der Waals surface area (Å²) in [5, 5.41) is 11.2. The van der Waals surface area contributed by atoms with Gasteiger partial charge in [-0.1, -0.05) is 6.42 Å². The zero-order valence-corrected chi connectivity index (χ0v) is 8.05. The molecule has 0 radical (unpaired) electrons. The summed E-state index contributed by atoms with van der Waals surface area (Å²) in [4.78, 5) is 0. The Balaban J connectivity index is 1.70. The molecule has 2 fully saturated rings. The third-order valence-corrected chi connectivity index (χ3v) is 3.09. The van der Waals surface area contributed by atoms with E-state index in [9.17, 15) is 0 Å². The van der Waals surface area contributed by atoms with Gasteiger partial charge in [-0.15, -0.1) is 0 Å². The second-order valence-electron chi connectivity index (χ2n) is 4.27. The minimum Gasteiger partial charge on any atom is -0.254 e. The van der Waals surface area contributed by atoms with Gasteiger partial charge in [-0.05, 0) is 25.7 Å². The van der Waals surface area contributed by atoms with Gasteiger partial charge in [0.05, 0.1) is 11.5 Å². The van der Waals surface area contributed by atoms with Crippen LogP contribution in [0.2, 0.25) is 0 Å². The molecular weight excluding hydrogens is 162 g/mol. The van der Waals surface area contributed by atoms with Gasteiger partial charge in [0.15, 0.2) is 0 Å². The molecule has 13 heavy (non-hydrogen) atoms. The van der Waals surface area contributed by atoms with E-state index in [1.807, 2.05) is 0 Å². The first-order chi connectivity index (χ1) is 6.35. The average molecular weight is 179 g/mol. The van der Waals surface area contributed by atoms with Crippen LogP contribution in [0.1, 0.15) is 32.1 Å². The molecule has 2 aliphatic rings. The molecule has 3 heteroatoms. The number of piperidine rings is 1. The molecule has 1 aliphatic carbocycles. The summed E-state index contributed by atoms with van der Waals surface area (Å²) >= 11 is 0. The molecule has 0 atom stereocenters. The van der Waals surface area contributed by atoms with Crippen molar-refractivity contribution in [2.24, 2.45) is 5.41 Å². The van der Waals surface area contributed by atoms with Gasteiger partial charge >= 0.3 is 0 Å². The molecule has 2 rings (SSSR count). The Morgan fingerprint density at radius 3 is 2.46 bits per heavy atom. The fourth-order valence-electron chi connectivity index (χ4n) is 1.79. The standard InChI is InChI=1S/C10H17N3/c11-8-10(4-5-10)9-12-13-6-2-1-3-7-13/h12H,1-7,9H2. The summed E-state index contributed by atoms with van der Waals surface area (Å²) < 4.78 is 0. The summed E-state index contributed by atoms with van der Waals surface area (Å²) in [7, 11) is 0. The van der Waals surface area contributed by atoms with E-state index in [1.165, 1.54) is 19.3 Å². The predicted octanol–water partition coefficient (Wildman–Crippen LogP) is 1.28. The number of hydrogen-bond donors (Lipinski definition) is 1. The number of nitrogens with one attached hydrogen (secondary N) is 1. The molecule has 0 bridgehead atoms. The van der Waals surface area contributed by atoms with Gasteiger partial charge in [0.1, 0.15) is 0 Å². The molecule has 1 saturated carbocycles. The summed E-state index contributed by atoms with van der Waals surface area (Å²) in [5.74, 6) is 0. The van der Waals surface area contributed by atoms with E-state index >= 15 is 0 Å². The Bertz CT molecular complexity index is 209. The number of nitriles is 1. The minimum absolute atomic E-state index is 0.00253. The molecule has 72 valence electrons. The lowest BCUT2D eigenvalue weighted by molar-refractivity contribution is 0.146. The Labute approximate surface area is 79.7 Å². The lowest BCUT2D eigenvalue weighted by Crippen LogP contribution is -2.44. The Morgan fingerprint density at radius 1 is 1.23 bits per heavy atom. The highest BCUT2D eigenvalue weighted by molar-refractivity contribution is 5.10. The largest absolute Gasteiger partial charge is 0.254 e. The normalized spacial score (nSPS) is 26.7. The maximum absolute atomic E-state index is 8.88. The van der Waals surface area contributed by atoms with Crippen LogP contribution >= 0.6 is 0 Å². The molecule has 0 aromatic rings. The van der Waals surface area contributed by atoms with Crippen molar-refractivity contribution in [3.63, 3.8) is 0 Å². The molecule has 1 saturated heterocycles. The van der Waals surface area contributed by atoms with Crippen LogP contribution in [0.4, 0.5) is 0 Å². The highest BCUT2D eigenvalue weighted by atomic mass is 15.5. The second-order valence-corrected chi connectivity index (χ2v) is 4.27. The molecule has 0 aromatic carbocycles. The van der Waals surface area contributed by atoms with Crippen molar-refractivity contribution in [2.45, 2.75) is 32.1 Å². The summed E-state index contributed by atoms with van der Waals surface area (Å²) in [6.45, 7) is 3.17. The highest BCUT2D eigenvalue weighted by Crippen LogP contribution is 2.44. The first kappa shape index (κ1) is 8.98. The molecule has 0 unspecified atom stereocenters. The fraction of sp³-hybridized carbons (Fsp3) is 0.900. The summed E-state index contributed by atoms with van der Waals surface area (Å²) in [6.07, 6.45) is 6.13. The summed E-state index contributed by atoms with van der Waals surface area (Å²) in [6, 6.07) is 2.40. The van der Waals surface area contributed by atoms with E-state index in [0.717, 1.165) is 32.5 Å². The van der Waals surface area contributed by atoms with E-state index in [2.05, 4.69) is 16.5 Å². The highest BCUT2D eigenvalue weighted by Gasteiger charge is 2.43. The van der Waals surface area contributed by atoms with Crippen molar-refractivity contribution in [1.82, 2.24) is 10.4 Å². The number of nitrogens with zero attached hydrogens (tertiary/aromatic N) is 2. The fourth-order valence-corrected chi connectivity index (χ4v) is 1.79. The van der Waals surface area contributed by atoms with E-state index in [1.54, 1.807) is 0 Å². The second kappa shape index (κ2) is 3.65. The van der Waals surface area contributed by atoms with Crippen LogP contribution in [0.15, 0.2) is 0 Å². The first-order valence-corrected chi connectivity index (χ1v) is 5.24. The van der Waals surface area contributed by atoms with Crippen molar-refractivity contribution in [3.8, 4) is 6.07 Å². The lowest BCUT2D eigenvalue weighted by Gasteiger charge is -2.27. The molecule has 1 aliphatic heterocycles. The van der Waals surface area contributed by atoms with Crippen molar-refractivity contribution < 1.29 is 0 Å². The van der Waals surface area contributed by atoms with Crippen molar-refractivity contribution in [2.75, 3.05) is 19.6 Å². The smallest absolute Gasteiger partial charge is 0.0713 e. The summed E-state index contributed by atoms with van der Waals surface area (Å²) in [5.41, 5.74) is 3.38. The molecule has 0 aromatic heterocycles. The van der Waals surface area contributed by atoms with Crippen LogP contribution in [0, 0.1) is 16.7 Å². The van der Waals surface area contributed by atoms with Gasteiger partial charge in [0, 0.05) is 19.6 Å². The molecule has 3 nitrogen and oxygen atoms in total. The maximum Gasteiger partial charge on any atom is 0.0713 e. The topological polar surface area (TPSA) is 39.1 Å². The van der Waals surface area contributed by atoms with Crippen molar-refractivity contribution in [1.29, 1.82) is 5.26 Å². The maximum atomic E-state index is 8.88. The molecular formula is C10H17N3. The van der Waals surface area contributed by atoms with Gasteiger partial charge in [-0.25, -0.2) is 5.01 Å². The molecule has 0 spiro atoms. The van der Waals surface area contributed by atoms with Gasteiger partial charge in [-0.2, -0.15) is 5.26 Å². The van der Waals surface area contributed by atoms with Crippen LogP contribution in [0.5, 0.6) is 0 Å². The van der Waals surface area contributed by atoms with Gasteiger partial charge < -0.3 is 0 Å². The van der Waals surface area contributed by atoms with Gasteiger partial charge in [-0.3, -0.25) is 5.43 Å². The minimum atomic E-state index is -0.00253. The van der Waals surface area contributed by atoms with E-state index < -0.39 is 0 Å². The zero-order valence-electron chi connectivity index (χ0n) is 8.05. The zero-order chi connectivity index (χ0) is 9.15. The van der Waals surface area contributed by atoms with E-state index in [4.69, 9.17) is 5.26 Å². The Kier molecular flexibility index (Phi) is 2.52. The molecule has 1 N–H and O–H groups in total. The number of rotatable bonds is 3. The van der Waals surface area contributed by atoms with Crippen LogP contribution in [-0.4, -0.2) is 24.6 Å². The third-order valence-electron chi connectivity index (χ3n) is 3.09. The van der Waals surface area contributed by atoms with Gasteiger partial charge in [0.2, 0.25) is 0 Å². The van der Waals surface area contributed by atoms with Crippen LogP contribution in [0.25, 0.3) is 0 Å². The van der Waals surface area contributed by atoms with Gasteiger partial charge in [0.25, 0.3) is 0 Å². The molecule has 1 heterocycles. The predicted molar refractivity (Wildman–Crippen MR) is 50.7 cm³/mol. The Hall–Kier alpha value is -0.590. The van der Waals surface area contributed by atoms with E-state index in [0.29, 0.717) is 0 Å². The van der Waals surface area contributed by atoms with Crippen LogP contribution in [-0.2, 0) is 0 Å². The number of hydrogen-bond acceptors (Lipinski definition) is 3. The average Bonchev–Trinajstić information content (AvgIpc) is 2.97. The third kappa shape index (κ3) is 2.20. The lowest BCUT2D eigenvalue weighted by atomic mass is 10.1. The number of hydrazine groups is 1. The van der Waals surface area contributed by atoms with Crippen LogP contribution in [0.3, 0.4) is 0 Å². The quantitative estimate of drug-likeness (QED) is 0.709. The first-order valence-electron chi connectivity index (χ1n) is 5.24. The Morgan fingerprint density at radius 2 is 1.92 bits per heavy atom. The van der Waals surface area contributed by atoms with E-state index in [-0.39, 0.29) is 5.41 Å². The SMILES string of the molecule is N#CC1(CNN2CCCCC2)CC1. The van der Waals surface area contributed by atoms with Crippen molar-refractivity contribution >= 4 is 0 Å².